The van der Waals surface area contributed by atoms with Crippen LogP contribution in [0.25, 0.3) is 22.3 Å². The van der Waals surface area contributed by atoms with Crippen molar-refractivity contribution in [3.63, 3.8) is 0 Å². The molecule has 0 spiro atoms. The standard InChI is InChI=1S/C27H30O16/c1-38-16-4-9(2-3-10(16)29)15-6-12(31)18-11(30)5-13(32)23(24(18)40-15)42-27-25(21(36)20(35)17(7-28)41-27)43-26-22(37)19(34)14(33)8-39-26/h2-6,14,17,19-22,25-30,32-37H,7-8H2,1H3. The van der Waals surface area contributed by atoms with Gasteiger partial charge in [0.2, 0.25) is 12.0 Å². The highest BCUT2D eigenvalue weighted by Gasteiger charge is 2.50. The molecule has 43 heavy (non-hydrogen) atoms. The second kappa shape index (κ2) is 12.1. The molecule has 16 heteroatoms. The Balaban J connectivity index is 1.58. The highest BCUT2D eigenvalue weighted by Crippen LogP contribution is 2.43. The SMILES string of the molecule is COc1cc(-c2cc(=O)c3c(O)cc(O)c(OC4OC(CO)C(O)C(O)C4OC4OCC(O)C(O)C4O)c3o2)ccc1O. The zero-order valence-corrected chi connectivity index (χ0v) is 22.4. The molecule has 2 aliphatic heterocycles. The van der Waals surface area contributed by atoms with Crippen LogP contribution >= 0.6 is 0 Å². The summed E-state index contributed by atoms with van der Waals surface area (Å²) in [4.78, 5) is 13.1. The quantitative estimate of drug-likeness (QED) is 0.143. The minimum atomic E-state index is -1.87. The largest absolute Gasteiger partial charge is 0.507 e. The van der Waals surface area contributed by atoms with E-state index in [9.17, 15) is 50.8 Å². The molecule has 0 amide bonds. The van der Waals surface area contributed by atoms with E-state index in [1.807, 2.05) is 0 Å². The molecule has 9 atom stereocenters. The van der Waals surface area contributed by atoms with E-state index in [2.05, 4.69) is 0 Å². The van der Waals surface area contributed by atoms with Gasteiger partial charge >= 0.3 is 0 Å². The van der Waals surface area contributed by atoms with Crippen molar-refractivity contribution in [2.45, 2.75) is 55.3 Å². The number of fused-ring (bicyclic) bond motifs is 1. The molecule has 5 rings (SSSR count). The van der Waals surface area contributed by atoms with Crippen molar-refractivity contribution in [1.82, 2.24) is 0 Å². The average Bonchev–Trinajstić information content (AvgIpc) is 2.98. The predicted octanol–water partition coefficient (Wildman–Crippen LogP) is -1.77. The van der Waals surface area contributed by atoms with Gasteiger partial charge in [0.15, 0.2) is 40.7 Å². The number of aliphatic hydroxyl groups is 6. The maximum Gasteiger partial charge on any atom is 0.230 e. The summed E-state index contributed by atoms with van der Waals surface area (Å²) in [6.07, 6.45) is -15.2. The Bertz CT molecular complexity index is 1520. The van der Waals surface area contributed by atoms with Gasteiger partial charge in [0.1, 0.15) is 53.5 Å². The maximum absolute atomic E-state index is 13.1. The number of hydrogen-bond acceptors (Lipinski definition) is 16. The highest BCUT2D eigenvalue weighted by molar-refractivity contribution is 5.91. The van der Waals surface area contributed by atoms with Crippen molar-refractivity contribution in [3.8, 4) is 40.1 Å². The third-order valence-electron chi connectivity index (χ3n) is 7.18. The molecular weight excluding hydrogens is 580 g/mol. The summed E-state index contributed by atoms with van der Waals surface area (Å²) in [5.74, 6) is -2.25. The van der Waals surface area contributed by atoms with Gasteiger partial charge in [0.05, 0.1) is 20.3 Å². The fraction of sp³-hybridized carbons (Fsp3) is 0.444. The van der Waals surface area contributed by atoms with Crippen LogP contribution in [-0.2, 0) is 14.2 Å². The molecule has 0 radical (unpaired) electrons. The zero-order valence-electron chi connectivity index (χ0n) is 22.4. The van der Waals surface area contributed by atoms with Crippen LogP contribution in [0.5, 0.6) is 28.7 Å². The van der Waals surface area contributed by atoms with E-state index in [-0.39, 0.29) is 22.8 Å². The van der Waals surface area contributed by atoms with E-state index in [1.54, 1.807) is 0 Å². The second-order valence-electron chi connectivity index (χ2n) is 9.99. The molecule has 0 saturated carbocycles. The fourth-order valence-electron chi connectivity index (χ4n) is 4.83. The summed E-state index contributed by atoms with van der Waals surface area (Å²) in [5, 5.41) is 91.9. The molecule has 2 fully saturated rings. The number of aromatic hydroxyl groups is 3. The van der Waals surface area contributed by atoms with Crippen molar-refractivity contribution < 1.29 is 74.1 Å². The monoisotopic (exact) mass is 610 g/mol. The number of ether oxygens (including phenoxy) is 5. The molecule has 1 aromatic heterocycles. The van der Waals surface area contributed by atoms with E-state index >= 15 is 0 Å². The van der Waals surface area contributed by atoms with Crippen LogP contribution in [0.3, 0.4) is 0 Å². The van der Waals surface area contributed by atoms with Crippen LogP contribution < -0.4 is 14.9 Å². The molecule has 2 saturated heterocycles. The predicted molar refractivity (Wildman–Crippen MR) is 140 cm³/mol. The summed E-state index contributed by atoms with van der Waals surface area (Å²) >= 11 is 0. The van der Waals surface area contributed by atoms with E-state index in [4.69, 9.17) is 28.1 Å². The first-order valence-electron chi connectivity index (χ1n) is 13.0. The highest BCUT2D eigenvalue weighted by atomic mass is 16.8. The Labute approximate surface area is 241 Å². The fourth-order valence-corrected chi connectivity index (χ4v) is 4.83. The molecular formula is C27H30O16. The minimum absolute atomic E-state index is 0.0541. The molecule has 2 aliphatic rings. The van der Waals surface area contributed by atoms with Crippen molar-refractivity contribution in [3.05, 3.63) is 40.6 Å². The molecule has 3 aromatic rings. The number of phenolic OH excluding ortho intramolecular Hbond substituents is 3. The molecule has 3 heterocycles. The molecule has 9 unspecified atom stereocenters. The number of phenols is 3. The zero-order chi connectivity index (χ0) is 31.2. The van der Waals surface area contributed by atoms with E-state index < -0.39 is 102 Å². The lowest BCUT2D eigenvalue weighted by Crippen LogP contribution is -2.63. The Morgan fingerprint density at radius 3 is 2.33 bits per heavy atom. The van der Waals surface area contributed by atoms with Gasteiger partial charge in [-0.1, -0.05) is 0 Å². The van der Waals surface area contributed by atoms with Crippen LogP contribution in [0, 0.1) is 0 Å². The first-order chi connectivity index (χ1) is 20.4. The summed E-state index contributed by atoms with van der Waals surface area (Å²) in [5.41, 5.74) is -0.998. The lowest BCUT2D eigenvalue weighted by Gasteiger charge is -2.44. The van der Waals surface area contributed by atoms with Crippen LogP contribution in [0.2, 0.25) is 0 Å². The van der Waals surface area contributed by atoms with Crippen LogP contribution in [-0.4, -0.2) is 122 Å². The van der Waals surface area contributed by atoms with Gasteiger partial charge in [0, 0.05) is 17.7 Å². The van der Waals surface area contributed by atoms with Gasteiger partial charge < -0.3 is 74.1 Å². The normalized spacial score (nSPS) is 31.2. The average molecular weight is 611 g/mol. The number of aliphatic hydroxyl groups excluding tert-OH is 6. The van der Waals surface area contributed by atoms with Gasteiger partial charge in [-0.15, -0.1) is 0 Å². The van der Waals surface area contributed by atoms with Crippen molar-refractivity contribution in [2.24, 2.45) is 0 Å². The summed E-state index contributed by atoms with van der Waals surface area (Å²) in [7, 11) is 1.31. The van der Waals surface area contributed by atoms with Crippen molar-refractivity contribution >= 4 is 11.0 Å². The summed E-state index contributed by atoms with van der Waals surface area (Å²) in [6, 6.07) is 5.88. The lowest BCUT2D eigenvalue weighted by molar-refractivity contribution is -0.344. The number of hydrogen-bond donors (Lipinski definition) is 9. The van der Waals surface area contributed by atoms with Gasteiger partial charge in [-0.2, -0.15) is 0 Å². The molecule has 16 nitrogen and oxygen atoms in total. The van der Waals surface area contributed by atoms with Crippen LogP contribution in [0.4, 0.5) is 0 Å². The Hall–Kier alpha value is -3.71. The molecule has 0 bridgehead atoms. The van der Waals surface area contributed by atoms with Crippen LogP contribution in [0.1, 0.15) is 0 Å². The lowest BCUT2D eigenvalue weighted by atomic mass is 9.98. The van der Waals surface area contributed by atoms with Gasteiger partial charge in [-0.05, 0) is 18.2 Å². The van der Waals surface area contributed by atoms with Crippen molar-refractivity contribution in [1.29, 1.82) is 0 Å². The van der Waals surface area contributed by atoms with Gasteiger partial charge in [0.25, 0.3) is 0 Å². The summed E-state index contributed by atoms with van der Waals surface area (Å²) < 4.78 is 33.2. The molecule has 9 N–H and O–H groups in total. The van der Waals surface area contributed by atoms with Gasteiger partial charge in [-0.25, -0.2) is 0 Å². The Morgan fingerprint density at radius 2 is 1.63 bits per heavy atom. The van der Waals surface area contributed by atoms with E-state index in [0.717, 1.165) is 12.1 Å². The number of methoxy groups -OCH3 is 1. The Morgan fingerprint density at radius 1 is 0.884 bits per heavy atom. The molecule has 2 aromatic carbocycles. The third kappa shape index (κ3) is 5.67. The second-order valence-corrected chi connectivity index (χ2v) is 9.99. The first kappa shape index (κ1) is 30.7. The Kier molecular flexibility index (Phi) is 8.66. The van der Waals surface area contributed by atoms with Gasteiger partial charge in [-0.3, -0.25) is 4.79 Å². The van der Waals surface area contributed by atoms with E-state index in [0.29, 0.717) is 0 Å². The minimum Gasteiger partial charge on any atom is -0.507 e. The molecule has 234 valence electrons. The van der Waals surface area contributed by atoms with E-state index in [1.165, 1.54) is 25.3 Å². The molecule has 0 aliphatic carbocycles. The number of rotatable bonds is 7. The topological polar surface area (TPSA) is 258 Å². The smallest absolute Gasteiger partial charge is 0.230 e. The third-order valence-corrected chi connectivity index (χ3v) is 7.18. The summed E-state index contributed by atoms with van der Waals surface area (Å²) in [6.45, 7) is -1.26. The number of benzene rings is 2. The first-order valence-corrected chi connectivity index (χ1v) is 13.0. The maximum atomic E-state index is 13.1. The van der Waals surface area contributed by atoms with Crippen molar-refractivity contribution in [2.75, 3.05) is 20.3 Å². The van der Waals surface area contributed by atoms with Crippen LogP contribution in [0.15, 0.2) is 39.5 Å².